The maximum absolute atomic E-state index is 12.7. The Morgan fingerprint density at radius 3 is 1.77 bits per heavy atom. The highest BCUT2D eigenvalue weighted by Crippen LogP contribution is 2.41. The van der Waals surface area contributed by atoms with Crippen LogP contribution in [0.4, 0.5) is 0 Å². The molecule has 0 spiro atoms. The number of hydrogen-bond acceptors (Lipinski definition) is 6. The fourth-order valence-electron chi connectivity index (χ4n) is 5.22. The van der Waals surface area contributed by atoms with Crippen molar-refractivity contribution in [3.8, 4) is 0 Å². The minimum absolute atomic E-state index is 0.0733. The van der Waals surface area contributed by atoms with Gasteiger partial charge in [-0.05, 0) is 47.9 Å². The zero-order valence-corrected chi connectivity index (χ0v) is 25.8. The molecule has 1 saturated heterocycles. The zero-order valence-electron chi connectivity index (χ0n) is 24.2. The third-order valence-electron chi connectivity index (χ3n) is 7.32. The number of ketones is 1. The molecule has 5 atom stereocenters. The lowest BCUT2D eigenvalue weighted by Gasteiger charge is -2.46. The van der Waals surface area contributed by atoms with Gasteiger partial charge in [0.2, 0.25) is 0 Å². The van der Waals surface area contributed by atoms with Gasteiger partial charge in [-0.25, -0.2) is 0 Å². The molecule has 43 heavy (non-hydrogen) atoms. The predicted octanol–water partition coefficient (Wildman–Crippen LogP) is 8.14. The van der Waals surface area contributed by atoms with Crippen LogP contribution >= 0.6 is 23.4 Å². The Morgan fingerprint density at radius 2 is 1.23 bits per heavy atom. The van der Waals surface area contributed by atoms with Gasteiger partial charge in [-0.15, -0.1) is 0 Å². The summed E-state index contributed by atoms with van der Waals surface area (Å²) in [6.07, 6.45) is -1.02. The van der Waals surface area contributed by atoms with E-state index in [0.29, 0.717) is 37.9 Å². The number of ether oxygens (including phenoxy) is 4. The summed E-state index contributed by atoms with van der Waals surface area (Å²) in [6, 6.07) is 37.9. The fourth-order valence-corrected chi connectivity index (χ4v) is 6.53. The van der Waals surface area contributed by atoms with E-state index in [4.69, 9.17) is 30.5 Å². The standard InChI is InChI=1S/C36H37ClO5S/c1-26(38)21-32-34(40-23-28-13-7-3-8-14-28)35(41-24-29-15-9-4-10-16-29)33(25-39-22-27-11-5-2-6-12-27)42-36(32)43-31-19-17-30(37)18-20-31/h2-20,32-36H,21-25H2,1H3/t32-,33-,34-,35-,36+/m1/s1. The smallest absolute Gasteiger partial charge is 0.130 e. The van der Waals surface area contributed by atoms with Crippen LogP contribution in [0.5, 0.6) is 0 Å². The lowest BCUT2D eigenvalue weighted by Crippen LogP contribution is -2.57. The van der Waals surface area contributed by atoms with Crippen molar-refractivity contribution in [2.24, 2.45) is 5.92 Å². The van der Waals surface area contributed by atoms with Crippen molar-refractivity contribution < 1.29 is 23.7 Å². The topological polar surface area (TPSA) is 54.0 Å². The van der Waals surface area contributed by atoms with Crippen molar-refractivity contribution in [3.63, 3.8) is 0 Å². The van der Waals surface area contributed by atoms with Crippen LogP contribution < -0.4 is 0 Å². The molecule has 0 amide bonds. The quantitative estimate of drug-likeness (QED) is 0.143. The molecule has 0 saturated carbocycles. The first-order valence-corrected chi connectivity index (χ1v) is 15.8. The molecule has 0 bridgehead atoms. The first kappa shape index (κ1) is 31.5. The summed E-state index contributed by atoms with van der Waals surface area (Å²) in [5.74, 6) is -0.183. The van der Waals surface area contributed by atoms with Gasteiger partial charge in [0, 0.05) is 22.3 Å². The summed E-state index contributed by atoms with van der Waals surface area (Å²) in [6.45, 7) is 3.16. The normalized spacial score (nSPS) is 21.9. The molecular formula is C36H37ClO5S. The maximum Gasteiger partial charge on any atom is 0.130 e. The van der Waals surface area contributed by atoms with Gasteiger partial charge < -0.3 is 23.7 Å². The van der Waals surface area contributed by atoms with E-state index in [1.54, 1.807) is 18.7 Å². The van der Waals surface area contributed by atoms with E-state index in [1.165, 1.54) is 0 Å². The van der Waals surface area contributed by atoms with Crippen LogP contribution in [0.2, 0.25) is 5.02 Å². The van der Waals surface area contributed by atoms with Gasteiger partial charge in [-0.1, -0.05) is 114 Å². The highest BCUT2D eigenvalue weighted by molar-refractivity contribution is 7.99. The average Bonchev–Trinajstić information content (AvgIpc) is 3.03. The minimum atomic E-state index is -0.467. The molecule has 224 valence electrons. The predicted molar refractivity (Wildman–Crippen MR) is 171 cm³/mol. The van der Waals surface area contributed by atoms with Gasteiger partial charge in [-0.3, -0.25) is 0 Å². The van der Waals surface area contributed by atoms with Gasteiger partial charge in [0.05, 0.1) is 32.5 Å². The number of carbonyl (C=O) groups is 1. The van der Waals surface area contributed by atoms with E-state index >= 15 is 0 Å². The molecule has 5 rings (SSSR count). The van der Waals surface area contributed by atoms with Crippen molar-refractivity contribution in [2.45, 2.75) is 61.8 Å². The number of carbonyl (C=O) groups excluding carboxylic acids is 1. The highest BCUT2D eigenvalue weighted by Gasteiger charge is 2.48. The number of halogens is 1. The molecular weight excluding hydrogens is 580 g/mol. The third-order valence-corrected chi connectivity index (χ3v) is 8.81. The van der Waals surface area contributed by atoms with Crippen molar-refractivity contribution in [1.82, 2.24) is 0 Å². The van der Waals surface area contributed by atoms with E-state index in [9.17, 15) is 4.79 Å². The Morgan fingerprint density at radius 1 is 0.721 bits per heavy atom. The van der Waals surface area contributed by atoms with E-state index in [1.807, 2.05) is 115 Å². The fraction of sp³-hybridized carbons (Fsp3) is 0.306. The Labute approximate surface area is 263 Å². The number of rotatable bonds is 14. The number of hydrogen-bond donors (Lipinski definition) is 0. The highest BCUT2D eigenvalue weighted by atomic mass is 35.5. The van der Waals surface area contributed by atoms with Gasteiger partial charge in [-0.2, -0.15) is 0 Å². The molecule has 1 fully saturated rings. The summed E-state index contributed by atoms with van der Waals surface area (Å²) in [7, 11) is 0. The molecule has 7 heteroatoms. The summed E-state index contributed by atoms with van der Waals surface area (Å²) in [5.41, 5.74) is 2.82. The Bertz CT molecular complexity index is 1390. The SMILES string of the molecule is CC(=O)C[C@@H]1[C@@H](OCc2ccccc2)[C@H](OCc2ccccc2)[C@@H](COCc2ccccc2)O[C@H]1Sc1ccc(Cl)cc1. The summed E-state index contributed by atoms with van der Waals surface area (Å²) < 4.78 is 26.4. The number of Topliss-reactive ketones (excluding diaryl/α,β-unsaturated/α-hetero) is 1. The maximum atomic E-state index is 12.7. The lowest BCUT2D eigenvalue weighted by molar-refractivity contribution is -0.228. The van der Waals surface area contributed by atoms with Gasteiger partial charge >= 0.3 is 0 Å². The van der Waals surface area contributed by atoms with Crippen LogP contribution in [-0.4, -0.2) is 36.1 Å². The van der Waals surface area contributed by atoms with E-state index in [0.717, 1.165) is 21.6 Å². The van der Waals surface area contributed by atoms with E-state index < -0.39 is 18.3 Å². The van der Waals surface area contributed by atoms with Crippen LogP contribution in [0.1, 0.15) is 30.0 Å². The zero-order chi connectivity index (χ0) is 29.9. The number of thioether (sulfide) groups is 1. The molecule has 0 aromatic heterocycles. The monoisotopic (exact) mass is 616 g/mol. The first-order valence-electron chi connectivity index (χ1n) is 14.5. The van der Waals surface area contributed by atoms with E-state index in [2.05, 4.69) is 0 Å². The molecule has 1 heterocycles. The van der Waals surface area contributed by atoms with E-state index in [-0.39, 0.29) is 17.1 Å². The second-order valence-electron chi connectivity index (χ2n) is 10.7. The summed E-state index contributed by atoms with van der Waals surface area (Å²) >= 11 is 7.75. The molecule has 1 aliphatic heterocycles. The first-order chi connectivity index (χ1) is 21.0. The molecule has 1 aliphatic rings. The number of benzene rings is 4. The van der Waals surface area contributed by atoms with Crippen LogP contribution in [0.25, 0.3) is 0 Å². The van der Waals surface area contributed by atoms with Gasteiger partial charge in [0.25, 0.3) is 0 Å². The van der Waals surface area contributed by atoms with Crippen molar-refractivity contribution in [3.05, 3.63) is 137 Å². The van der Waals surface area contributed by atoms with Gasteiger partial charge in [0.1, 0.15) is 23.4 Å². The minimum Gasteiger partial charge on any atom is -0.374 e. The molecule has 4 aromatic carbocycles. The average molecular weight is 617 g/mol. The second-order valence-corrected chi connectivity index (χ2v) is 12.3. The molecule has 5 nitrogen and oxygen atoms in total. The summed E-state index contributed by atoms with van der Waals surface area (Å²) in [5, 5.41) is 0.667. The Hall–Kier alpha value is -2.97. The molecule has 4 aromatic rings. The van der Waals surface area contributed by atoms with Gasteiger partial charge in [0.15, 0.2) is 0 Å². The van der Waals surface area contributed by atoms with Crippen LogP contribution in [0.15, 0.2) is 120 Å². The Balaban J connectivity index is 1.44. The van der Waals surface area contributed by atoms with Crippen LogP contribution in [-0.2, 0) is 43.6 Å². The lowest BCUT2D eigenvalue weighted by atomic mass is 9.88. The van der Waals surface area contributed by atoms with Crippen molar-refractivity contribution >= 4 is 29.1 Å². The molecule has 0 N–H and O–H groups in total. The second kappa shape index (κ2) is 16.2. The third kappa shape index (κ3) is 9.51. The molecule has 0 aliphatic carbocycles. The molecule has 0 unspecified atom stereocenters. The molecule has 0 radical (unpaired) electrons. The Kier molecular flexibility index (Phi) is 11.9. The van der Waals surface area contributed by atoms with Crippen molar-refractivity contribution in [1.29, 1.82) is 0 Å². The van der Waals surface area contributed by atoms with Crippen LogP contribution in [0, 0.1) is 5.92 Å². The summed E-state index contributed by atoms with van der Waals surface area (Å²) in [4.78, 5) is 13.7. The van der Waals surface area contributed by atoms with Crippen molar-refractivity contribution in [2.75, 3.05) is 6.61 Å². The van der Waals surface area contributed by atoms with Crippen LogP contribution in [0.3, 0.4) is 0 Å². The largest absolute Gasteiger partial charge is 0.374 e.